The fourth-order valence-corrected chi connectivity index (χ4v) is 2.04. The van der Waals surface area contributed by atoms with E-state index in [-0.39, 0.29) is 5.92 Å². The molecule has 0 aliphatic rings. The SMILES string of the molecule is CCC(CC)C(NCc1ccccc1)C(=O)O. The number of carboxylic acid groups (broad SMARTS) is 1. The van der Waals surface area contributed by atoms with Crippen molar-refractivity contribution >= 4 is 5.97 Å². The molecule has 0 fully saturated rings. The molecule has 1 rings (SSSR count). The Balaban J connectivity index is 2.59. The van der Waals surface area contributed by atoms with Crippen LogP contribution in [0, 0.1) is 5.92 Å². The Hall–Kier alpha value is -1.35. The lowest BCUT2D eigenvalue weighted by Crippen LogP contribution is -2.42. The summed E-state index contributed by atoms with van der Waals surface area (Å²) in [6.45, 7) is 4.68. The predicted molar refractivity (Wildman–Crippen MR) is 68.8 cm³/mol. The first-order valence-electron chi connectivity index (χ1n) is 6.19. The molecule has 1 atom stereocenters. The fourth-order valence-electron chi connectivity index (χ4n) is 2.04. The summed E-state index contributed by atoms with van der Waals surface area (Å²) >= 11 is 0. The van der Waals surface area contributed by atoms with Gasteiger partial charge < -0.3 is 10.4 Å². The maximum absolute atomic E-state index is 11.2. The van der Waals surface area contributed by atoms with E-state index in [9.17, 15) is 9.90 Å². The van der Waals surface area contributed by atoms with Crippen LogP contribution in [-0.2, 0) is 11.3 Å². The second kappa shape index (κ2) is 7.07. The minimum atomic E-state index is -0.755. The van der Waals surface area contributed by atoms with Gasteiger partial charge in [-0.05, 0) is 11.5 Å². The van der Waals surface area contributed by atoms with Crippen LogP contribution in [0.2, 0.25) is 0 Å². The predicted octanol–water partition coefficient (Wildman–Crippen LogP) is 2.67. The highest BCUT2D eigenvalue weighted by Gasteiger charge is 2.24. The zero-order chi connectivity index (χ0) is 12.7. The highest BCUT2D eigenvalue weighted by atomic mass is 16.4. The average Bonchev–Trinajstić information content (AvgIpc) is 2.35. The quantitative estimate of drug-likeness (QED) is 0.764. The number of hydrogen-bond donors (Lipinski definition) is 2. The lowest BCUT2D eigenvalue weighted by atomic mass is 9.94. The van der Waals surface area contributed by atoms with Gasteiger partial charge in [0, 0.05) is 6.54 Å². The van der Waals surface area contributed by atoms with E-state index < -0.39 is 12.0 Å². The second-order valence-corrected chi connectivity index (χ2v) is 4.26. The minimum absolute atomic E-state index is 0.191. The molecule has 0 amide bonds. The summed E-state index contributed by atoms with van der Waals surface area (Å²) in [6.07, 6.45) is 1.77. The third-order valence-electron chi connectivity index (χ3n) is 3.16. The molecule has 0 saturated heterocycles. The standard InChI is InChI=1S/C14H21NO2/c1-3-12(4-2)13(14(16)17)15-10-11-8-6-5-7-9-11/h5-9,12-13,15H,3-4,10H2,1-2H3,(H,16,17). The Morgan fingerprint density at radius 1 is 1.24 bits per heavy atom. The monoisotopic (exact) mass is 235 g/mol. The number of hydrogen-bond acceptors (Lipinski definition) is 2. The third-order valence-corrected chi connectivity index (χ3v) is 3.16. The molecule has 1 unspecified atom stereocenters. The van der Waals surface area contributed by atoms with Crippen molar-refractivity contribution in [1.29, 1.82) is 0 Å². The highest BCUT2D eigenvalue weighted by Crippen LogP contribution is 2.14. The van der Waals surface area contributed by atoms with E-state index in [1.807, 2.05) is 44.2 Å². The Bertz CT molecular complexity index is 333. The number of benzene rings is 1. The first-order valence-corrected chi connectivity index (χ1v) is 6.19. The molecule has 0 aliphatic heterocycles. The van der Waals surface area contributed by atoms with Gasteiger partial charge in [-0.15, -0.1) is 0 Å². The van der Waals surface area contributed by atoms with E-state index in [0.717, 1.165) is 18.4 Å². The average molecular weight is 235 g/mol. The van der Waals surface area contributed by atoms with Crippen molar-refractivity contribution in [3.05, 3.63) is 35.9 Å². The molecule has 0 radical (unpaired) electrons. The molecule has 94 valence electrons. The number of carboxylic acids is 1. The lowest BCUT2D eigenvalue weighted by molar-refractivity contribution is -0.141. The van der Waals surface area contributed by atoms with Gasteiger partial charge in [0.2, 0.25) is 0 Å². The zero-order valence-electron chi connectivity index (χ0n) is 10.5. The largest absolute Gasteiger partial charge is 0.480 e. The molecule has 17 heavy (non-hydrogen) atoms. The van der Waals surface area contributed by atoms with Crippen molar-refractivity contribution < 1.29 is 9.90 Å². The van der Waals surface area contributed by atoms with Gasteiger partial charge in [0.25, 0.3) is 0 Å². The van der Waals surface area contributed by atoms with E-state index >= 15 is 0 Å². The summed E-state index contributed by atoms with van der Waals surface area (Å²) in [6, 6.07) is 9.43. The lowest BCUT2D eigenvalue weighted by Gasteiger charge is -2.22. The van der Waals surface area contributed by atoms with E-state index in [2.05, 4.69) is 5.32 Å². The molecular formula is C14H21NO2. The van der Waals surface area contributed by atoms with Crippen molar-refractivity contribution in [3.8, 4) is 0 Å². The number of carbonyl (C=O) groups is 1. The van der Waals surface area contributed by atoms with Crippen LogP contribution in [0.25, 0.3) is 0 Å². The normalized spacial score (nSPS) is 12.6. The summed E-state index contributed by atoms with van der Waals surface area (Å²) in [5.74, 6) is -0.564. The van der Waals surface area contributed by atoms with Gasteiger partial charge >= 0.3 is 5.97 Å². The second-order valence-electron chi connectivity index (χ2n) is 4.26. The highest BCUT2D eigenvalue weighted by molar-refractivity contribution is 5.73. The topological polar surface area (TPSA) is 49.3 Å². The van der Waals surface area contributed by atoms with Crippen LogP contribution in [0.1, 0.15) is 32.3 Å². The molecule has 0 bridgehead atoms. The fraction of sp³-hybridized carbons (Fsp3) is 0.500. The van der Waals surface area contributed by atoms with Gasteiger partial charge in [-0.1, -0.05) is 57.0 Å². The van der Waals surface area contributed by atoms with Crippen molar-refractivity contribution in [1.82, 2.24) is 5.32 Å². The van der Waals surface area contributed by atoms with Gasteiger partial charge in [0.05, 0.1) is 0 Å². The molecule has 0 saturated carbocycles. The Kier molecular flexibility index (Phi) is 5.70. The summed E-state index contributed by atoms with van der Waals surface area (Å²) in [4.78, 5) is 11.2. The molecule has 2 N–H and O–H groups in total. The maximum Gasteiger partial charge on any atom is 0.320 e. The molecule has 0 aliphatic carbocycles. The Morgan fingerprint density at radius 2 is 1.82 bits per heavy atom. The van der Waals surface area contributed by atoms with Gasteiger partial charge in [-0.25, -0.2) is 0 Å². The van der Waals surface area contributed by atoms with E-state index in [1.54, 1.807) is 0 Å². The van der Waals surface area contributed by atoms with Crippen molar-refractivity contribution in [2.45, 2.75) is 39.3 Å². The minimum Gasteiger partial charge on any atom is -0.480 e. The summed E-state index contributed by atoms with van der Waals surface area (Å²) in [5.41, 5.74) is 1.12. The van der Waals surface area contributed by atoms with E-state index in [0.29, 0.717) is 6.54 Å². The summed E-state index contributed by atoms with van der Waals surface area (Å²) in [5, 5.41) is 12.4. The number of nitrogens with one attached hydrogen (secondary N) is 1. The molecule has 0 spiro atoms. The van der Waals surface area contributed by atoms with Crippen LogP contribution < -0.4 is 5.32 Å². The molecule has 3 heteroatoms. The molecule has 0 aromatic heterocycles. The summed E-state index contributed by atoms with van der Waals surface area (Å²) in [7, 11) is 0. The van der Waals surface area contributed by atoms with E-state index in [4.69, 9.17) is 0 Å². The van der Waals surface area contributed by atoms with Crippen molar-refractivity contribution in [3.63, 3.8) is 0 Å². The van der Waals surface area contributed by atoms with Crippen molar-refractivity contribution in [2.24, 2.45) is 5.92 Å². The Morgan fingerprint density at radius 3 is 2.29 bits per heavy atom. The third kappa shape index (κ3) is 4.19. The zero-order valence-corrected chi connectivity index (χ0v) is 10.5. The van der Waals surface area contributed by atoms with Crippen LogP contribution in [0.3, 0.4) is 0 Å². The summed E-state index contributed by atoms with van der Waals surface area (Å²) < 4.78 is 0. The van der Waals surface area contributed by atoms with Crippen LogP contribution in [-0.4, -0.2) is 17.1 Å². The van der Waals surface area contributed by atoms with Crippen LogP contribution in [0.15, 0.2) is 30.3 Å². The van der Waals surface area contributed by atoms with Crippen molar-refractivity contribution in [2.75, 3.05) is 0 Å². The number of aliphatic carboxylic acids is 1. The molecule has 3 nitrogen and oxygen atoms in total. The number of rotatable bonds is 7. The van der Waals surface area contributed by atoms with Crippen LogP contribution >= 0.6 is 0 Å². The van der Waals surface area contributed by atoms with E-state index in [1.165, 1.54) is 0 Å². The maximum atomic E-state index is 11.2. The van der Waals surface area contributed by atoms with Gasteiger partial charge in [0.1, 0.15) is 6.04 Å². The van der Waals surface area contributed by atoms with Crippen LogP contribution in [0.4, 0.5) is 0 Å². The molecule has 0 heterocycles. The van der Waals surface area contributed by atoms with Crippen LogP contribution in [0.5, 0.6) is 0 Å². The van der Waals surface area contributed by atoms with Gasteiger partial charge in [-0.3, -0.25) is 4.79 Å². The van der Waals surface area contributed by atoms with Gasteiger partial charge in [0.15, 0.2) is 0 Å². The smallest absolute Gasteiger partial charge is 0.320 e. The molecule has 1 aromatic carbocycles. The first kappa shape index (κ1) is 13.7. The first-order chi connectivity index (χ1) is 8.19. The molecule has 1 aromatic rings. The van der Waals surface area contributed by atoms with Gasteiger partial charge in [-0.2, -0.15) is 0 Å². The molecular weight excluding hydrogens is 214 g/mol. The Labute approximate surface area is 103 Å².